The van der Waals surface area contributed by atoms with E-state index >= 15 is 0 Å². The molecule has 0 aliphatic heterocycles. The number of hydrogen-bond donors (Lipinski definition) is 1. The number of rotatable bonds is 17. The second-order valence-corrected chi connectivity index (χ2v) is 15.2. The molecule has 42 heavy (non-hydrogen) atoms. The lowest BCUT2D eigenvalue weighted by atomic mass is 9.70. The number of quaternary nitrogens is 1. The summed E-state index contributed by atoms with van der Waals surface area (Å²) in [5.41, 5.74) is 5.13. The van der Waals surface area contributed by atoms with E-state index in [1.807, 2.05) is 0 Å². The Bertz CT molecular complexity index is 1060. The van der Waals surface area contributed by atoms with Gasteiger partial charge in [0.15, 0.2) is 0 Å². The van der Waals surface area contributed by atoms with Gasteiger partial charge in [0, 0.05) is 18.4 Å². The van der Waals surface area contributed by atoms with Crippen molar-refractivity contribution < 1.29 is 9.28 Å². The number of nitrogens with one attached hydrogen (secondary N) is 1. The van der Waals surface area contributed by atoms with Gasteiger partial charge in [0.2, 0.25) is 5.91 Å². The maximum atomic E-state index is 14.1. The molecule has 0 radical (unpaired) electrons. The van der Waals surface area contributed by atoms with Crippen molar-refractivity contribution in [1.29, 1.82) is 0 Å². The molecule has 2 rings (SSSR count). The summed E-state index contributed by atoms with van der Waals surface area (Å²) in [5.74, 6) is 1.44. The summed E-state index contributed by atoms with van der Waals surface area (Å²) in [4.78, 5) is 14.1. The second kappa shape index (κ2) is 16.1. The fraction of sp³-hybridized carbons (Fsp3) is 0.667. The lowest BCUT2D eigenvalue weighted by molar-refractivity contribution is -0.890. The molecule has 1 amide bonds. The minimum atomic E-state index is -0.454. The van der Waals surface area contributed by atoms with Crippen LogP contribution in [0.2, 0.25) is 0 Å². The van der Waals surface area contributed by atoms with E-state index < -0.39 is 5.41 Å². The van der Waals surface area contributed by atoms with Crippen molar-refractivity contribution >= 4 is 5.91 Å². The molecule has 0 aromatic heterocycles. The zero-order valence-electron chi connectivity index (χ0n) is 29.3. The summed E-state index contributed by atoms with van der Waals surface area (Å²) in [5, 5.41) is 3.40. The fourth-order valence-electron chi connectivity index (χ4n) is 6.37. The molecule has 0 bridgehead atoms. The molecule has 1 N–H and O–H groups in total. The van der Waals surface area contributed by atoms with E-state index in [4.69, 9.17) is 0 Å². The van der Waals surface area contributed by atoms with Gasteiger partial charge in [-0.15, -0.1) is 0 Å². The van der Waals surface area contributed by atoms with E-state index in [-0.39, 0.29) is 11.3 Å². The summed E-state index contributed by atoms with van der Waals surface area (Å²) in [6, 6.07) is 18.4. The van der Waals surface area contributed by atoms with Gasteiger partial charge in [0.05, 0.1) is 27.2 Å². The minimum absolute atomic E-state index is 0.137. The van der Waals surface area contributed by atoms with Crippen LogP contribution in [-0.4, -0.2) is 44.1 Å². The molecule has 3 heteroatoms. The number of carbonyl (C=O) groups excluding carboxylic acids is 1. The van der Waals surface area contributed by atoms with Gasteiger partial charge in [-0.05, 0) is 77.5 Å². The van der Waals surface area contributed by atoms with E-state index in [2.05, 4.69) is 130 Å². The van der Waals surface area contributed by atoms with Crippen molar-refractivity contribution in [2.45, 2.75) is 130 Å². The average molecular weight is 578 g/mol. The van der Waals surface area contributed by atoms with E-state index in [1.54, 1.807) is 0 Å². The molecule has 0 fully saturated rings. The van der Waals surface area contributed by atoms with Crippen LogP contribution in [0.4, 0.5) is 0 Å². The van der Waals surface area contributed by atoms with E-state index in [9.17, 15) is 4.79 Å². The van der Waals surface area contributed by atoms with Crippen LogP contribution >= 0.6 is 0 Å². The highest BCUT2D eigenvalue weighted by Gasteiger charge is 2.37. The van der Waals surface area contributed by atoms with Crippen LogP contribution in [0, 0.1) is 5.41 Å². The quantitative estimate of drug-likeness (QED) is 0.147. The van der Waals surface area contributed by atoms with Crippen LogP contribution in [0.3, 0.4) is 0 Å². The first kappa shape index (κ1) is 36.1. The van der Waals surface area contributed by atoms with Gasteiger partial charge in [-0.25, -0.2) is 0 Å². The van der Waals surface area contributed by atoms with Gasteiger partial charge < -0.3 is 9.80 Å². The summed E-state index contributed by atoms with van der Waals surface area (Å²) < 4.78 is 1.02. The van der Waals surface area contributed by atoms with Gasteiger partial charge in [-0.3, -0.25) is 4.79 Å². The highest BCUT2D eigenvalue weighted by molar-refractivity contribution is 5.82. The molecule has 4 unspecified atom stereocenters. The molecule has 2 aromatic carbocycles. The predicted molar refractivity (Wildman–Crippen MR) is 183 cm³/mol. The van der Waals surface area contributed by atoms with Crippen molar-refractivity contribution in [3.05, 3.63) is 70.8 Å². The van der Waals surface area contributed by atoms with E-state index in [1.165, 1.54) is 41.6 Å². The minimum Gasteiger partial charge on any atom is -0.355 e. The molecule has 0 saturated heterocycles. The number of hydrogen-bond acceptors (Lipinski definition) is 1. The van der Waals surface area contributed by atoms with Gasteiger partial charge in [0.1, 0.15) is 0 Å². The fourth-order valence-corrected chi connectivity index (χ4v) is 6.37. The van der Waals surface area contributed by atoms with Crippen LogP contribution in [-0.2, 0) is 10.2 Å². The van der Waals surface area contributed by atoms with Crippen molar-refractivity contribution in [1.82, 2.24) is 5.32 Å². The maximum Gasteiger partial charge on any atom is 0.225 e. The molecule has 0 aliphatic carbocycles. The Hall–Kier alpha value is -2.13. The highest BCUT2D eigenvalue weighted by atomic mass is 16.2. The number of benzene rings is 2. The van der Waals surface area contributed by atoms with Gasteiger partial charge in [-0.2, -0.15) is 0 Å². The van der Waals surface area contributed by atoms with Crippen LogP contribution in [0.1, 0.15) is 147 Å². The third-order valence-corrected chi connectivity index (χ3v) is 9.77. The van der Waals surface area contributed by atoms with Crippen LogP contribution in [0.25, 0.3) is 0 Å². The van der Waals surface area contributed by atoms with Gasteiger partial charge >= 0.3 is 0 Å². The molecule has 2 aromatic rings. The average Bonchev–Trinajstić information content (AvgIpc) is 2.96. The van der Waals surface area contributed by atoms with Crippen molar-refractivity contribution in [3.8, 4) is 0 Å². The number of carbonyl (C=O) groups is 1. The standard InChI is InChI=1S/C39H64N2O/c1-12-15-26-41(10,11)27-16-25-40-37(42)39(9,28-31(5)34-19-17-33(18-20-34)30(4)13-2)29-32(14-3)35-21-23-36(24-22-35)38(6,7)8/h17-24,30-32H,12-16,25-29H2,1-11H3/p+1. The van der Waals surface area contributed by atoms with Crippen molar-refractivity contribution in [3.63, 3.8) is 0 Å². The van der Waals surface area contributed by atoms with Gasteiger partial charge in [-0.1, -0.05) is 117 Å². The molecule has 3 nitrogen and oxygen atoms in total. The first-order valence-electron chi connectivity index (χ1n) is 17.0. The largest absolute Gasteiger partial charge is 0.355 e. The Morgan fingerprint density at radius 2 is 1.26 bits per heavy atom. The third-order valence-electron chi connectivity index (χ3n) is 9.77. The molecular formula is C39H65N2O+. The lowest BCUT2D eigenvalue weighted by Crippen LogP contribution is -2.44. The van der Waals surface area contributed by atoms with Crippen LogP contribution in [0.5, 0.6) is 0 Å². The summed E-state index contributed by atoms with van der Waals surface area (Å²) in [7, 11) is 4.62. The molecule has 0 spiro atoms. The lowest BCUT2D eigenvalue weighted by Gasteiger charge is -2.35. The monoisotopic (exact) mass is 578 g/mol. The number of nitrogens with zero attached hydrogens (tertiary/aromatic N) is 1. The molecular weight excluding hydrogens is 512 g/mol. The van der Waals surface area contributed by atoms with Gasteiger partial charge in [0.25, 0.3) is 0 Å². The number of amides is 1. The zero-order valence-corrected chi connectivity index (χ0v) is 29.3. The molecule has 0 aliphatic rings. The van der Waals surface area contributed by atoms with Crippen LogP contribution in [0.15, 0.2) is 48.5 Å². The summed E-state index contributed by atoms with van der Waals surface area (Å²) >= 11 is 0. The molecule has 0 saturated carbocycles. The summed E-state index contributed by atoms with van der Waals surface area (Å²) in [6.45, 7) is 23.4. The van der Waals surface area contributed by atoms with Crippen molar-refractivity contribution in [2.24, 2.45) is 5.41 Å². The van der Waals surface area contributed by atoms with E-state index in [0.717, 1.165) is 49.7 Å². The highest BCUT2D eigenvalue weighted by Crippen LogP contribution is 2.42. The Morgan fingerprint density at radius 3 is 1.76 bits per heavy atom. The summed E-state index contributed by atoms with van der Waals surface area (Å²) in [6.07, 6.45) is 7.37. The Kier molecular flexibility index (Phi) is 13.8. The maximum absolute atomic E-state index is 14.1. The smallest absolute Gasteiger partial charge is 0.225 e. The van der Waals surface area contributed by atoms with Crippen LogP contribution < -0.4 is 5.32 Å². The first-order valence-corrected chi connectivity index (χ1v) is 17.0. The van der Waals surface area contributed by atoms with E-state index in [0.29, 0.717) is 17.8 Å². The SMILES string of the molecule is CCCC[N+](C)(C)CCCNC(=O)C(C)(CC(C)c1ccc(C(C)CC)cc1)CC(CC)c1ccc(C(C)(C)C)cc1. The second-order valence-electron chi connectivity index (χ2n) is 15.2. The Labute approximate surface area is 260 Å². The zero-order chi connectivity index (χ0) is 31.6. The normalized spacial score (nSPS) is 16.0. The number of unbranched alkanes of at least 4 members (excludes halogenated alkanes) is 1. The predicted octanol–water partition coefficient (Wildman–Crippen LogP) is 9.96. The topological polar surface area (TPSA) is 29.1 Å². The molecule has 4 atom stereocenters. The third kappa shape index (κ3) is 10.9. The first-order chi connectivity index (χ1) is 19.7. The molecule has 236 valence electrons. The van der Waals surface area contributed by atoms with Crippen molar-refractivity contribution in [2.75, 3.05) is 33.7 Å². The Morgan fingerprint density at radius 1 is 0.738 bits per heavy atom. The molecule has 0 heterocycles. The Balaban J connectivity index is 2.25.